The molecule has 35 heavy (non-hydrogen) atoms. The quantitative estimate of drug-likeness (QED) is 0.314. The number of anilines is 1. The molecule has 1 aliphatic heterocycles. The lowest BCUT2D eigenvalue weighted by Gasteiger charge is -2.35. The Morgan fingerprint density at radius 3 is 2.37 bits per heavy atom. The van der Waals surface area contributed by atoms with Gasteiger partial charge in [-0.15, -0.1) is 0 Å². The molecule has 2 aromatic heterocycles. The lowest BCUT2D eigenvalue weighted by Crippen LogP contribution is -2.48. The summed E-state index contributed by atoms with van der Waals surface area (Å²) in [7, 11) is 0. The molecule has 184 valence electrons. The van der Waals surface area contributed by atoms with Gasteiger partial charge < -0.3 is 14.9 Å². The summed E-state index contributed by atoms with van der Waals surface area (Å²) < 4.78 is 57.1. The van der Waals surface area contributed by atoms with E-state index in [0.717, 1.165) is 18.5 Å². The number of aromatic nitrogens is 3. The van der Waals surface area contributed by atoms with Crippen molar-refractivity contribution in [3.05, 3.63) is 63.0 Å². The molecule has 0 aliphatic carbocycles. The second kappa shape index (κ2) is 9.00. The van der Waals surface area contributed by atoms with Gasteiger partial charge in [0.05, 0.1) is 15.4 Å². The van der Waals surface area contributed by atoms with Crippen LogP contribution < -0.4 is 10.5 Å². The van der Waals surface area contributed by atoms with Crippen LogP contribution in [0.4, 0.5) is 23.4 Å². The number of pyridine rings is 1. The molecule has 3 heterocycles. The monoisotopic (exact) mass is 531 g/mol. The number of carbonyl (C=O) groups excluding carboxylic acids is 1. The van der Waals surface area contributed by atoms with E-state index >= 15 is 0 Å². The van der Waals surface area contributed by atoms with E-state index in [1.807, 2.05) is 0 Å². The fraction of sp³-hybridized carbons (Fsp3) is 0.238. The van der Waals surface area contributed by atoms with Crippen LogP contribution in [0.2, 0.25) is 10.0 Å². The molecular weight excluding hydrogens is 517 g/mol. The van der Waals surface area contributed by atoms with Gasteiger partial charge in [0.15, 0.2) is 11.6 Å². The largest absolute Gasteiger partial charge is 0.504 e. The number of phenols is 1. The van der Waals surface area contributed by atoms with E-state index in [9.17, 15) is 32.3 Å². The molecule has 14 heteroatoms. The minimum absolute atomic E-state index is 0.0317. The van der Waals surface area contributed by atoms with E-state index in [-0.39, 0.29) is 47.9 Å². The Labute approximate surface area is 204 Å². The van der Waals surface area contributed by atoms with Crippen LogP contribution in [0, 0.1) is 5.82 Å². The van der Waals surface area contributed by atoms with Crippen LogP contribution in [0.1, 0.15) is 5.69 Å². The molecule has 1 amide bonds. The third kappa shape index (κ3) is 4.27. The van der Waals surface area contributed by atoms with Gasteiger partial charge in [-0.1, -0.05) is 29.8 Å². The first-order valence-corrected chi connectivity index (χ1v) is 10.7. The fourth-order valence-corrected chi connectivity index (χ4v) is 4.29. The molecule has 0 saturated carbocycles. The predicted octanol–water partition coefficient (Wildman–Crippen LogP) is 3.79. The topological polar surface area (TPSA) is 91.6 Å². The van der Waals surface area contributed by atoms with Crippen molar-refractivity contribution >= 4 is 45.8 Å². The SMILES string of the molecule is C=CC(=O)N1CCN(c2ncnc3c(=O)n(-c4c(O)c(Cl)cc(Cl)c4F)c(C(F)(F)F)cc23)CC1. The molecule has 1 aromatic carbocycles. The van der Waals surface area contributed by atoms with Gasteiger partial charge in [-0.25, -0.2) is 14.4 Å². The van der Waals surface area contributed by atoms with Gasteiger partial charge in [0.2, 0.25) is 5.91 Å². The Morgan fingerprint density at radius 1 is 1.11 bits per heavy atom. The molecule has 8 nitrogen and oxygen atoms in total. The molecule has 4 rings (SSSR count). The first-order chi connectivity index (χ1) is 16.5. The normalized spacial score (nSPS) is 14.5. The van der Waals surface area contributed by atoms with Gasteiger partial charge in [-0.3, -0.25) is 14.2 Å². The van der Waals surface area contributed by atoms with Crippen LogP contribution in [0.25, 0.3) is 16.6 Å². The summed E-state index contributed by atoms with van der Waals surface area (Å²) in [5, 5.41) is 8.77. The molecule has 1 saturated heterocycles. The number of rotatable bonds is 3. The number of hydrogen-bond acceptors (Lipinski definition) is 6. The Hall–Kier alpha value is -3.38. The third-order valence-corrected chi connectivity index (χ3v) is 6.05. The van der Waals surface area contributed by atoms with E-state index in [1.165, 1.54) is 4.90 Å². The number of aromatic hydroxyl groups is 1. The first kappa shape index (κ1) is 24.7. The number of carbonyl (C=O) groups is 1. The number of nitrogens with zero attached hydrogens (tertiary/aromatic N) is 5. The second-order valence-electron chi connectivity index (χ2n) is 7.50. The lowest BCUT2D eigenvalue weighted by atomic mass is 10.1. The van der Waals surface area contributed by atoms with Gasteiger partial charge in [0.1, 0.15) is 29.0 Å². The Morgan fingerprint density at radius 2 is 1.77 bits per heavy atom. The van der Waals surface area contributed by atoms with Gasteiger partial charge >= 0.3 is 6.18 Å². The van der Waals surface area contributed by atoms with Crippen LogP contribution >= 0.6 is 23.2 Å². The molecule has 3 aromatic rings. The molecule has 1 N–H and O–H groups in total. The van der Waals surface area contributed by atoms with Crippen molar-refractivity contribution in [1.82, 2.24) is 19.4 Å². The van der Waals surface area contributed by atoms with Crippen LogP contribution in [-0.4, -0.2) is 56.6 Å². The van der Waals surface area contributed by atoms with Crippen molar-refractivity contribution in [1.29, 1.82) is 0 Å². The highest BCUT2D eigenvalue weighted by atomic mass is 35.5. The van der Waals surface area contributed by atoms with E-state index in [4.69, 9.17) is 23.2 Å². The van der Waals surface area contributed by atoms with Crippen molar-refractivity contribution in [2.75, 3.05) is 31.1 Å². The number of phenolic OH excluding ortho intramolecular Hbond substituents is 1. The molecule has 0 unspecified atom stereocenters. The first-order valence-electron chi connectivity index (χ1n) is 9.96. The lowest BCUT2D eigenvalue weighted by molar-refractivity contribution is -0.142. The number of amides is 1. The van der Waals surface area contributed by atoms with Crippen LogP contribution in [-0.2, 0) is 11.0 Å². The minimum Gasteiger partial charge on any atom is -0.504 e. The number of fused-ring (bicyclic) bond motifs is 1. The summed E-state index contributed by atoms with van der Waals surface area (Å²) in [5.74, 6) is -2.83. The summed E-state index contributed by atoms with van der Waals surface area (Å²) >= 11 is 11.5. The molecule has 1 aliphatic rings. The number of piperazine rings is 1. The fourth-order valence-electron chi connectivity index (χ4n) is 3.83. The van der Waals surface area contributed by atoms with Crippen LogP contribution in [0.3, 0.4) is 0 Å². The molecule has 0 radical (unpaired) electrons. The minimum atomic E-state index is -5.16. The van der Waals surface area contributed by atoms with E-state index in [0.29, 0.717) is 6.07 Å². The Kier molecular flexibility index (Phi) is 6.36. The van der Waals surface area contributed by atoms with Gasteiger partial charge in [-0.2, -0.15) is 13.2 Å². The highest BCUT2D eigenvalue weighted by Gasteiger charge is 2.38. The Balaban J connectivity index is 1.96. The maximum Gasteiger partial charge on any atom is 0.431 e. The zero-order chi connectivity index (χ0) is 25.7. The van der Waals surface area contributed by atoms with Crippen molar-refractivity contribution in [3.63, 3.8) is 0 Å². The van der Waals surface area contributed by atoms with Gasteiger partial charge in [-0.05, 0) is 18.2 Å². The third-order valence-electron chi connectivity index (χ3n) is 5.49. The van der Waals surface area contributed by atoms with Crippen molar-refractivity contribution in [2.45, 2.75) is 6.18 Å². The summed E-state index contributed by atoms with van der Waals surface area (Å²) in [5.41, 5.74) is -4.58. The number of halogens is 6. The smallest absolute Gasteiger partial charge is 0.431 e. The maximum absolute atomic E-state index is 14.8. The summed E-state index contributed by atoms with van der Waals surface area (Å²) in [4.78, 5) is 36.1. The van der Waals surface area contributed by atoms with Crippen molar-refractivity contribution in [3.8, 4) is 11.4 Å². The average Bonchev–Trinajstić information content (AvgIpc) is 2.82. The standard InChI is InChI=1S/C21H15Cl2F4N5O3/c1-2-14(33)30-3-5-31(6-4-30)19-10-7-13(21(25,26)27)32(20(35)16(10)28-9-29-19)17-15(24)11(22)8-12(23)18(17)34/h2,7-9,34H,1,3-6H2. The average molecular weight is 532 g/mol. The van der Waals surface area contributed by atoms with E-state index < -0.39 is 50.2 Å². The molecule has 0 spiro atoms. The summed E-state index contributed by atoms with van der Waals surface area (Å²) in [6, 6.07) is 1.40. The van der Waals surface area contributed by atoms with Crippen molar-refractivity contribution in [2.24, 2.45) is 0 Å². The summed E-state index contributed by atoms with van der Waals surface area (Å²) in [6.45, 7) is 4.36. The highest BCUT2D eigenvalue weighted by molar-refractivity contribution is 6.36. The van der Waals surface area contributed by atoms with E-state index in [1.54, 1.807) is 4.90 Å². The molecule has 0 atom stereocenters. The number of benzene rings is 1. The van der Waals surface area contributed by atoms with Gasteiger partial charge in [0, 0.05) is 26.2 Å². The van der Waals surface area contributed by atoms with E-state index in [2.05, 4.69) is 16.5 Å². The predicted molar refractivity (Wildman–Crippen MR) is 121 cm³/mol. The highest BCUT2D eigenvalue weighted by Crippen LogP contribution is 2.40. The Bertz CT molecular complexity index is 1390. The molecule has 0 bridgehead atoms. The number of alkyl halides is 3. The molecular formula is C21H15Cl2F4N5O3. The zero-order valence-corrected chi connectivity index (χ0v) is 19.1. The second-order valence-corrected chi connectivity index (χ2v) is 8.31. The summed E-state index contributed by atoms with van der Waals surface area (Å²) in [6.07, 6.45) is -3.02. The number of hydrogen-bond donors (Lipinski definition) is 1. The van der Waals surface area contributed by atoms with Crippen LogP contribution in [0.5, 0.6) is 5.75 Å². The molecule has 1 fully saturated rings. The maximum atomic E-state index is 14.8. The zero-order valence-electron chi connectivity index (χ0n) is 17.6. The van der Waals surface area contributed by atoms with Crippen molar-refractivity contribution < 1.29 is 27.5 Å². The van der Waals surface area contributed by atoms with Crippen LogP contribution in [0.15, 0.2) is 35.9 Å². The van der Waals surface area contributed by atoms with Gasteiger partial charge in [0.25, 0.3) is 5.56 Å².